The summed E-state index contributed by atoms with van der Waals surface area (Å²) in [7, 11) is 4.18. The Bertz CT molecular complexity index is 160. The van der Waals surface area contributed by atoms with Crippen LogP contribution in [0.15, 0.2) is 0 Å². The van der Waals surface area contributed by atoms with Gasteiger partial charge in [-0.05, 0) is 26.9 Å². The second-order valence-electron chi connectivity index (χ2n) is 3.83. The van der Waals surface area contributed by atoms with E-state index in [1.54, 1.807) is 0 Å². The number of fused-ring (bicyclic) bond motifs is 1. The van der Waals surface area contributed by atoms with E-state index in [-0.39, 0.29) is 7.42 Å². The molecule has 2 atom stereocenters. The molecule has 70 valence electrons. The largest absolute Gasteiger partial charge is 0.260 e. The van der Waals surface area contributed by atoms with Crippen LogP contribution in [0.25, 0.3) is 0 Å². The molecule has 1 saturated carbocycles. The Morgan fingerprint density at radius 2 is 1.50 bits per heavy atom. The zero-order valence-corrected chi connectivity index (χ0v) is 9.56. The Kier molecular flexibility index (Phi) is 2.66. The van der Waals surface area contributed by atoms with Crippen molar-refractivity contribution in [3.63, 3.8) is 0 Å². The maximum absolute atomic E-state index is 4.65. The molecule has 0 N–H and O–H groups in total. The molecule has 0 bridgehead atoms. The lowest BCUT2D eigenvalue weighted by Crippen LogP contribution is -2.37. The van der Waals surface area contributed by atoms with E-state index in [9.17, 15) is 0 Å². The quantitative estimate of drug-likeness (QED) is 0.478. The van der Waals surface area contributed by atoms with Gasteiger partial charge >= 0.3 is 0 Å². The molecule has 2 fully saturated rings. The van der Waals surface area contributed by atoms with Gasteiger partial charge in [-0.2, -0.15) is 0 Å². The molecular formula is C8H17N2PS. The highest BCUT2D eigenvalue weighted by atomic mass is 32.7. The van der Waals surface area contributed by atoms with Crippen LogP contribution in [-0.4, -0.2) is 35.5 Å². The van der Waals surface area contributed by atoms with Crippen LogP contribution in [0, 0.1) is 0 Å². The molecule has 2 nitrogen and oxygen atoms in total. The molecular weight excluding hydrogens is 187 g/mol. The van der Waals surface area contributed by atoms with Gasteiger partial charge in [-0.3, -0.25) is 9.34 Å². The Morgan fingerprint density at radius 1 is 1.08 bits per heavy atom. The minimum atomic E-state index is -0.277. The minimum Gasteiger partial charge on any atom is -0.260 e. The van der Waals surface area contributed by atoms with E-state index in [0.717, 1.165) is 12.1 Å². The molecule has 0 aromatic carbocycles. The van der Waals surface area contributed by atoms with Crippen molar-refractivity contribution in [1.82, 2.24) is 9.34 Å². The van der Waals surface area contributed by atoms with E-state index in [4.69, 9.17) is 0 Å². The lowest BCUT2D eigenvalue weighted by Gasteiger charge is -2.29. The standard InChI is InChI=1S/C8H17N2PS/c1-9-7-5-3-4-6-8(7)10(2)11(9)12/h7-8,12H,3-6H2,1-2H3. The van der Waals surface area contributed by atoms with Crippen LogP contribution in [0.4, 0.5) is 0 Å². The number of hydrogen-bond acceptors (Lipinski definition) is 3. The fourth-order valence-electron chi connectivity index (χ4n) is 2.45. The number of rotatable bonds is 0. The fourth-order valence-corrected chi connectivity index (χ4v) is 4.76. The first-order chi connectivity index (χ1) is 5.72. The molecule has 2 aliphatic rings. The highest BCUT2D eigenvalue weighted by molar-refractivity contribution is 8.43. The van der Waals surface area contributed by atoms with Crippen molar-refractivity contribution in [3.05, 3.63) is 0 Å². The van der Waals surface area contributed by atoms with E-state index in [0.29, 0.717) is 0 Å². The maximum atomic E-state index is 4.65. The number of nitrogens with zero attached hydrogens (tertiary/aromatic N) is 2. The Morgan fingerprint density at radius 3 is 1.92 bits per heavy atom. The Labute approximate surface area is 81.3 Å². The van der Waals surface area contributed by atoms with Gasteiger partial charge in [0.2, 0.25) is 0 Å². The van der Waals surface area contributed by atoms with Gasteiger partial charge in [-0.1, -0.05) is 12.8 Å². The van der Waals surface area contributed by atoms with Gasteiger partial charge in [-0.15, -0.1) is 12.2 Å². The summed E-state index contributed by atoms with van der Waals surface area (Å²) >= 11 is 4.65. The van der Waals surface area contributed by atoms with Crippen LogP contribution in [0.2, 0.25) is 0 Å². The van der Waals surface area contributed by atoms with Crippen LogP contribution in [0.3, 0.4) is 0 Å². The summed E-state index contributed by atoms with van der Waals surface area (Å²) in [6.07, 6.45) is 5.59. The first kappa shape index (κ1) is 9.26. The van der Waals surface area contributed by atoms with Crippen LogP contribution < -0.4 is 0 Å². The average Bonchev–Trinajstić information content (AvgIpc) is 2.33. The van der Waals surface area contributed by atoms with E-state index < -0.39 is 0 Å². The van der Waals surface area contributed by atoms with Gasteiger partial charge in [0.15, 0.2) is 0 Å². The molecule has 0 aromatic heterocycles. The molecule has 1 aliphatic heterocycles. The predicted molar refractivity (Wildman–Crippen MR) is 57.5 cm³/mol. The van der Waals surface area contributed by atoms with Gasteiger partial charge < -0.3 is 0 Å². The molecule has 1 aliphatic carbocycles. The SMILES string of the molecule is CN1C2CCCCC2N(C)P1S. The Hall–Kier alpha value is 0.700. The molecule has 0 spiro atoms. The van der Waals surface area contributed by atoms with Crippen molar-refractivity contribution in [3.8, 4) is 0 Å². The number of hydrogen-bond donors (Lipinski definition) is 1. The van der Waals surface area contributed by atoms with Crippen molar-refractivity contribution in [2.24, 2.45) is 0 Å². The predicted octanol–water partition coefficient (Wildman–Crippen LogP) is 2.33. The topological polar surface area (TPSA) is 6.48 Å². The molecule has 0 radical (unpaired) electrons. The van der Waals surface area contributed by atoms with Gasteiger partial charge in [0.1, 0.15) is 0 Å². The third-order valence-corrected chi connectivity index (χ3v) is 6.63. The molecule has 0 amide bonds. The van der Waals surface area contributed by atoms with Crippen LogP contribution >= 0.6 is 19.7 Å². The van der Waals surface area contributed by atoms with Gasteiger partial charge in [0.25, 0.3) is 0 Å². The van der Waals surface area contributed by atoms with Crippen LogP contribution in [-0.2, 0) is 0 Å². The summed E-state index contributed by atoms with van der Waals surface area (Å²) in [5, 5.41) is 0. The summed E-state index contributed by atoms with van der Waals surface area (Å²) in [6.45, 7) is 0. The second-order valence-corrected chi connectivity index (χ2v) is 6.71. The maximum Gasteiger partial charge on any atom is 0.1000 e. The summed E-state index contributed by atoms with van der Waals surface area (Å²) in [6, 6.07) is 1.60. The highest BCUT2D eigenvalue weighted by Gasteiger charge is 2.42. The van der Waals surface area contributed by atoms with Crippen molar-refractivity contribution in [2.45, 2.75) is 37.8 Å². The molecule has 12 heavy (non-hydrogen) atoms. The number of likely N-dealkylation sites (N-methyl/N-ethyl adjacent to an activating group) is 2. The molecule has 2 rings (SSSR count). The van der Waals surface area contributed by atoms with E-state index in [2.05, 4.69) is 35.7 Å². The smallest absolute Gasteiger partial charge is 0.1000 e. The molecule has 2 unspecified atom stereocenters. The fraction of sp³-hybridized carbons (Fsp3) is 1.00. The average molecular weight is 204 g/mol. The van der Waals surface area contributed by atoms with Crippen molar-refractivity contribution < 1.29 is 0 Å². The first-order valence-electron chi connectivity index (χ1n) is 4.66. The molecule has 1 saturated heterocycles. The summed E-state index contributed by atoms with van der Waals surface area (Å²) in [5.41, 5.74) is 0. The van der Waals surface area contributed by atoms with Gasteiger partial charge in [0, 0.05) is 12.1 Å². The van der Waals surface area contributed by atoms with E-state index >= 15 is 0 Å². The minimum absolute atomic E-state index is 0.277. The second kappa shape index (κ2) is 3.45. The lowest BCUT2D eigenvalue weighted by atomic mass is 9.91. The van der Waals surface area contributed by atoms with Crippen LogP contribution in [0.1, 0.15) is 25.7 Å². The van der Waals surface area contributed by atoms with Crippen molar-refractivity contribution in [1.29, 1.82) is 0 Å². The molecule has 4 heteroatoms. The third-order valence-electron chi connectivity index (χ3n) is 3.22. The van der Waals surface area contributed by atoms with E-state index in [1.807, 2.05) is 0 Å². The van der Waals surface area contributed by atoms with Crippen molar-refractivity contribution >= 4 is 19.7 Å². The highest BCUT2D eigenvalue weighted by Crippen LogP contribution is 2.57. The summed E-state index contributed by atoms with van der Waals surface area (Å²) < 4.78 is 4.95. The lowest BCUT2D eigenvalue weighted by molar-refractivity contribution is 0.233. The van der Waals surface area contributed by atoms with Gasteiger partial charge in [0.05, 0.1) is 7.42 Å². The van der Waals surface area contributed by atoms with Gasteiger partial charge in [-0.25, -0.2) is 0 Å². The van der Waals surface area contributed by atoms with E-state index in [1.165, 1.54) is 25.7 Å². The van der Waals surface area contributed by atoms with Crippen molar-refractivity contribution in [2.75, 3.05) is 14.1 Å². The summed E-state index contributed by atoms with van der Waals surface area (Å²) in [5.74, 6) is 0. The first-order valence-corrected chi connectivity index (χ1v) is 7.06. The zero-order chi connectivity index (χ0) is 8.72. The Balaban J connectivity index is 2.14. The molecule has 1 heterocycles. The number of thiol groups is 1. The normalized spacial score (nSPS) is 44.8. The van der Waals surface area contributed by atoms with Crippen LogP contribution in [0.5, 0.6) is 0 Å². The third kappa shape index (κ3) is 1.31. The summed E-state index contributed by atoms with van der Waals surface area (Å²) in [4.78, 5) is 0. The molecule has 0 aromatic rings. The zero-order valence-electron chi connectivity index (χ0n) is 7.77. The monoisotopic (exact) mass is 204 g/mol.